The van der Waals surface area contributed by atoms with Gasteiger partial charge in [0, 0.05) is 6.20 Å². The lowest BCUT2D eigenvalue weighted by atomic mass is 10.0. The van der Waals surface area contributed by atoms with Crippen LogP contribution in [0.1, 0.15) is 17.3 Å². The maximum Gasteiger partial charge on any atom is 0.142 e. The van der Waals surface area contributed by atoms with Crippen LogP contribution < -0.4 is 11.3 Å². The van der Waals surface area contributed by atoms with E-state index in [4.69, 9.17) is 17.4 Å². The molecule has 0 aliphatic rings. The van der Waals surface area contributed by atoms with E-state index < -0.39 is 5.82 Å². The van der Waals surface area contributed by atoms with Crippen LogP contribution >= 0.6 is 11.6 Å². The molecular formula is C12H12ClFN4. The molecule has 2 rings (SSSR count). The van der Waals surface area contributed by atoms with Crippen LogP contribution in [0.25, 0.3) is 0 Å². The first-order chi connectivity index (χ1) is 8.70. The molecule has 0 fully saturated rings. The number of hydrogen-bond acceptors (Lipinski definition) is 4. The van der Waals surface area contributed by atoms with Crippen LogP contribution in [-0.4, -0.2) is 9.97 Å². The van der Waals surface area contributed by atoms with Crippen LogP contribution in [0.3, 0.4) is 0 Å². The summed E-state index contributed by atoms with van der Waals surface area (Å²) < 4.78 is 13.3. The van der Waals surface area contributed by atoms with Crippen LogP contribution in [0.15, 0.2) is 36.8 Å². The summed E-state index contributed by atoms with van der Waals surface area (Å²) >= 11 is 5.63. The van der Waals surface area contributed by atoms with Crippen molar-refractivity contribution < 1.29 is 4.39 Å². The first-order valence-electron chi connectivity index (χ1n) is 5.36. The molecule has 1 heterocycles. The summed E-state index contributed by atoms with van der Waals surface area (Å²) in [6.45, 7) is 0. The summed E-state index contributed by atoms with van der Waals surface area (Å²) in [6.07, 6.45) is 3.60. The van der Waals surface area contributed by atoms with Gasteiger partial charge in [0.1, 0.15) is 12.1 Å². The predicted molar refractivity (Wildman–Crippen MR) is 67.2 cm³/mol. The van der Waals surface area contributed by atoms with Crippen molar-refractivity contribution in [2.75, 3.05) is 0 Å². The average Bonchev–Trinajstić information content (AvgIpc) is 2.41. The van der Waals surface area contributed by atoms with Crippen LogP contribution in [-0.2, 0) is 6.42 Å². The molecule has 0 saturated carbocycles. The zero-order valence-electron chi connectivity index (χ0n) is 9.48. The van der Waals surface area contributed by atoms with Crippen LogP contribution in [0.2, 0.25) is 5.02 Å². The van der Waals surface area contributed by atoms with E-state index >= 15 is 0 Å². The molecule has 1 atom stereocenters. The Bertz CT molecular complexity index is 521. The van der Waals surface area contributed by atoms with E-state index in [1.807, 2.05) is 0 Å². The number of nitrogens with two attached hydrogens (primary N) is 1. The SMILES string of the molecule is NNC(Cc1ccc(Cl)c(F)c1)c1ccncn1. The summed E-state index contributed by atoms with van der Waals surface area (Å²) in [5.41, 5.74) is 4.20. The normalized spacial score (nSPS) is 12.4. The Balaban J connectivity index is 2.18. The number of rotatable bonds is 4. The first-order valence-corrected chi connectivity index (χ1v) is 5.74. The lowest BCUT2D eigenvalue weighted by Gasteiger charge is -2.15. The monoisotopic (exact) mass is 266 g/mol. The fourth-order valence-electron chi connectivity index (χ4n) is 1.66. The van der Waals surface area contributed by atoms with Gasteiger partial charge >= 0.3 is 0 Å². The molecule has 3 N–H and O–H groups in total. The van der Waals surface area contributed by atoms with Crippen LogP contribution in [0.4, 0.5) is 4.39 Å². The second-order valence-corrected chi connectivity index (χ2v) is 4.21. The molecule has 0 aliphatic heterocycles. The van der Waals surface area contributed by atoms with Gasteiger partial charge in [-0.15, -0.1) is 0 Å². The summed E-state index contributed by atoms with van der Waals surface area (Å²) in [5.74, 6) is 5.05. The van der Waals surface area contributed by atoms with E-state index in [0.717, 1.165) is 11.3 Å². The largest absolute Gasteiger partial charge is 0.271 e. The Morgan fingerprint density at radius 2 is 2.22 bits per heavy atom. The number of benzene rings is 1. The summed E-state index contributed by atoms with van der Waals surface area (Å²) in [5, 5.41) is 0.109. The van der Waals surface area contributed by atoms with Crippen molar-refractivity contribution in [1.29, 1.82) is 0 Å². The van der Waals surface area contributed by atoms with Gasteiger partial charge in [-0.05, 0) is 30.2 Å². The zero-order chi connectivity index (χ0) is 13.0. The quantitative estimate of drug-likeness (QED) is 0.656. The van der Waals surface area contributed by atoms with Crippen molar-refractivity contribution in [3.05, 3.63) is 58.9 Å². The highest BCUT2D eigenvalue weighted by atomic mass is 35.5. The minimum Gasteiger partial charge on any atom is -0.271 e. The molecule has 4 nitrogen and oxygen atoms in total. The number of hydrazine groups is 1. The number of nitrogens with zero attached hydrogens (tertiary/aromatic N) is 2. The Hall–Kier alpha value is -1.56. The minimum atomic E-state index is -0.437. The maximum atomic E-state index is 13.3. The Morgan fingerprint density at radius 1 is 1.39 bits per heavy atom. The second-order valence-electron chi connectivity index (χ2n) is 3.81. The molecule has 0 saturated heterocycles. The second kappa shape index (κ2) is 5.86. The van der Waals surface area contributed by atoms with Gasteiger partial charge in [-0.2, -0.15) is 0 Å². The summed E-state index contributed by atoms with van der Waals surface area (Å²) in [6, 6.07) is 6.25. The molecule has 0 radical (unpaired) electrons. The van der Waals surface area contributed by atoms with Gasteiger partial charge < -0.3 is 0 Å². The fraction of sp³-hybridized carbons (Fsp3) is 0.167. The first kappa shape index (κ1) is 12.9. The number of nitrogens with one attached hydrogen (secondary N) is 1. The minimum absolute atomic E-state index is 0.109. The molecule has 0 bridgehead atoms. The number of aromatic nitrogens is 2. The Morgan fingerprint density at radius 3 is 2.83 bits per heavy atom. The van der Waals surface area contributed by atoms with Crippen molar-refractivity contribution in [3.63, 3.8) is 0 Å². The van der Waals surface area contributed by atoms with Crippen LogP contribution in [0.5, 0.6) is 0 Å². The van der Waals surface area contributed by atoms with Crippen molar-refractivity contribution >= 4 is 11.6 Å². The Labute approximate surface area is 109 Å². The molecule has 0 aliphatic carbocycles. The summed E-state index contributed by atoms with van der Waals surface area (Å²) in [4.78, 5) is 7.95. The number of halogens is 2. The third-order valence-electron chi connectivity index (χ3n) is 2.59. The highest BCUT2D eigenvalue weighted by molar-refractivity contribution is 6.30. The van der Waals surface area contributed by atoms with E-state index in [-0.39, 0.29) is 11.1 Å². The van der Waals surface area contributed by atoms with Gasteiger partial charge in [-0.25, -0.2) is 14.4 Å². The number of hydrogen-bond donors (Lipinski definition) is 2. The molecule has 1 aromatic carbocycles. The maximum absolute atomic E-state index is 13.3. The van der Waals surface area contributed by atoms with Gasteiger partial charge in [-0.3, -0.25) is 11.3 Å². The van der Waals surface area contributed by atoms with Gasteiger partial charge in [0.25, 0.3) is 0 Å². The van der Waals surface area contributed by atoms with E-state index in [1.165, 1.54) is 18.5 Å². The zero-order valence-corrected chi connectivity index (χ0v) is 10.2. The van der Waals surface area contributed by atoms with Gasteiger partial charge in [0.05, 0.1) is 16.8 Å². The molecular weight excluding hydrogens is 255 g/mol. The molecule has 0 amide bonds. The van der Waals surface area contributed by atoms with E-state index in [1.54, 1.807) is 18.3 Å². The van der Waals surface area contributed by atoms with Crippen molar-refractivity contribution in [2.45, 2.75) is 12.5 Å². The molecule has 94 valence electrons. The standard InChI is InChI=1S/C12H12ClFN4/c13-9-2-1-8(5-10(9)14)6-12(18-15)11-3-4-16-7-17-11/h1-5,7,12,18H,6,15H2. The molecule has 2 aromatic rings. The lowest BCUT2D eigenvalue weighted by Crippen LogP contribution is -2.30. The molecule has 18 heavy (non-hydrogen) atoms. The Kier molecular flexibility index (Phi) is 4.19. The van der Waals surface area contributed by atoms with E-state index in [0.29, 0.717) is 6.42 Å². The third kappa shape index (κ3) is 3.01. The van der Waals surface area contributed by atoms with Gasteiger partial charge in [-0.1, -0.05) is 17.7 Å². The average molecular weight is 267 g/mol. The summed E-state index contributed by atoms with van der Waals surface area (Å²) in [7, 11) is 0. The van der Waals surface area contributed by atoms with E-state index in [2.05, 4.69) is 15.4 Å². The third-order valence-corrected chi connectivity index (χ3v) is 2.89. The van der Waals surface area contributed by atoms with Gasteiger partial charge in [0.15, 0.2) is 0 Å². The topological polar surface area (TPSA) is 63.8 Å². The molecule has 1 aromatic heterocycles. The fourth-order valence-corrected chi connectivity index (χ4v) is 1.78. The highest BCUT2D eigenvalue weighted by Crippen LogP contribution is 2.20. The predicted octanol–water partition coefficient (Wildman–Crippen LogP) is 2.02. The van der Waals surface area contributed by atoms with Crippen LogP contribution in [0, 0.1) is 5.82 Å². The van der Waals surface area contributed by atoms with E-state index in [9.17, 15) is 4.39 Å². The lowest BCUT2D eigenvalue weighted by molar-refractivity contribution is 0.534. The molecule has 0 spiro atoms. The molecule has 6 heteroatoms. The van der Waals surface area contributed by atoms with Crippen molar-refractivity contribution in [3.8, 4) is 0 Å². The van der Waals surface area contributed by atoms with Crippen molar-refractivity contribution in [1.82, 2.24) is 15.4 Å². The smallest absolute Gasteiger partial charge is 0.142 e. The van der Waals surface area contributed by atoms with Crippen molar-refractivity contribution in [2.24, 2.45) is 5.84 Å². The van der Waals surface area contributed by atoms with Gasteiger partial charge in [0.2, 0.25) is 0 Å². The molecule has 1 unspecified atom stereocenters. The highest BCUT2D eigenvalue weighted by Gasteiger charge is 2.12.